The van der Waals surface area contributed by atoms with Crippen LogP contribution in [-0.2, 0) is 9.53 Å². The normalized spacial score (nSPS) is 10.7. The molecule has 0 atom stereocenters. The van der Waals surface area contributed by atoms with Gasteiger partial charge in [-0.2, -0.15) is 0 Å². The number of nitrogens with zero attached hydrogens (tertiary/aromatic N) is 1. The molecule has 1 amide bonds. The Balaban J connectivity index is 2.58. The first-order valence-corrected chi connectivity index (χ1v) is 6.82. The van der Waals surface area contributed by atoms with Crippen molar-refractivity contribution in [1.82, 2.24) is 4.90 Å². The molecule has 0 aliphatic rings. The number of carbonyl (C=O) groups is 2. The van der Waals surface area contributed by atoms with E-state index in [2.05, 4.69) is 5.32 Å². The maximum Gasteiger partial charge on any atom is 0.335 e. The van der Waals surface area contributed by atoms with E-state index in [4.69, 9.17) is 21.4 Å². The van der Waals surface area contributed by atoms with Crippen LogP contribution < -0.4 is 5.32 Å². The minimum absolute atomic E-state index is 0.0724. The fourth-order valence-corrected chi connectivity index (χ4v) is 1.91. The topological polar surface area (TPSA) is 78.9 Å². The van der Waals surface area contributed by atoms with E-state index in [-0.39, 0.29) is 18.0 Å². The molecule has 0 aromatic heterocycles. The summed E-state index contributed by atoms with van der Waals surface area (Å²) < 4.78 is 4.94. The molecular weight excluding hydrogens is 296 g/mol. The largest absolute Gasteiger partial charge is 0.478 e. The number of hydrogen-bond acceptors (Lipinski definition) is 4. The number of carboxylic acids is 1. The Kier molecular flexibility index (Phi) is 7.14. The first-order valence-electron chi connectivity index (χ1n) is 6.44. The van der Waals surface area contributed by atoms with Gasteiger partial charge in [-0.3, -0.25) is 9.69 Å². The Labute approximate surface area is 128 Å². The van der Waals surface area contributed by atoms with Crippen LogP contribution in [0.2, 0.25) is 5.02 Å². The number of anilines is 1. The molecule has 1 aromatic rings. The van der Waals surface area contributed by atoms with Crippen molar-refractivity contribution in [1.29, 1.82) is 0 Å². The zero-order valence-electron chi connectivity index (χ0n) is 12.1. The number of likely N-dealkylation sites (N-methyl/N-ethyl adjacent to an activating group) is 1. The molecule has 1 rings (SSSR count). The second-order valence-corrected chi connectivity index (χ2v) is 5.04. The fraction of sp³-hybridized carbons (Fsp3) is 0.429. The van der Waals surface area contributed by atoms with E-state index in [0.717, 1.165) is 13.0 Å². The van der Waals surface area contributed by atoms with Crippen molar-refractivity contribution in [2.45, 2.75) is 6.42 Å². The molecule has 0 saturated carbocycles. The predicted octanol–water partition coefficient (Wildman–Crippen LogP) is 1.94. The molecule has 0 aliphatic carbocycles. The first kappa shape index (κ1) is 17.4. The average molecular weight is 315 g/mol. The SMILES string of the molecule is COCCCN(C)CC(=O)Nc1cc(C(=O)O)ccc1Cl. The Morgan fingerprint density at radius 1 is 1.43 bits per heavy atom. The molecule has 0 fully saturated rings. The van der Waals surface area contributed by atoms with Crippen LogP contribution in [-0.4, -0.2) is 55.7 Å². The van der Waals surface area contributed by atoms with Gasteiger partial charge in [0, 0.05) is 20.3 Å². The molecule has 0 aliphatic heterocycles. The molecular formula is C14H19ClN2O4. The van der Waals surface area contributed by atoms with Gasteiger partial charge in [0.15, 0.2) is 0 Å². The number of methoxy groups -OCH3 is 1. The standard InChI is InChI=1S/C14H19ClN2O4/c1-17(6-3-7-21-2)9-13(18)16-12-8-10(14(19)20)4-5-11(12)15/h4-5,8H,3,6-7,9H2,1-2H3,(H,16,18)(H,19,20). The number of halogens is 1. The minimum atomic E-state index is -1.07. The van der Waals surface area contributed by atoms with Crippen LogP contribution in [0.15, 0.2) is 18.2 Å². The van der Waals surface area contributed by atoms with Crippen LogP contribution >= 0.6 is 11.6 Å². The summed E-state index contributed by atoms with van der Waals surface area (Å²) in [4.78, 5) is 24.6. The highest BCUT2D eigenvalue weighted by Gasteiger charge is 2.11. The van der Waals surface area contributed by atoms with Crippen LogP contribution in [0.5, 0.6) is 0 Å². The zero-order valence-corrected chi connectivity index (χ0v) is 12.8. The number of nitrogens with one attached hydrogen (secondary N) is 1. The zero-order chi connectivity index (χ0) is 15.8. The van der Waals surface area contributed by atoms with Gasteiger partial charge in [0.2, 0.25) is 5.91 Å². The van der Waals surface area contributed by atoms with Crippen molar-refractivity contribution in [3.05, 3.63) is 28.8 Å². The maximum atomic E-state index is 11.9. The van der Waals surface area contributed by atoms with Gasteiger partial charge in [-0.25, -0.2) is 4.79 Å². The lowest BCUT2D eigenvalue weighted by molar-refractivity contribution is -0.117. The predicted molar refractivity (Wildman–Crippen MR) is 81.0 cm³/mol. The number of rotatable bonds is 8. The number of ether oxygens (including phenoxy) is 1. The molecule has 0 saturated heterocycles. The smallest absolute Gasteiger partial charge is 0.335 e. The molecule has 2 N–H and O–H groups in total. The second kappa shape index (κ2) is 8.61. The third-order valence-corrected chi connectivity index (χ3v) is 3.12. The number of carboxylic acid groups (broad SMARTS) is 1. The van der Waals surface area contributed by atoms with Gasteiger partial charge in [0.05, 0.1) is 22.8 Å². The quantitative estimate of drug-likeness (QED) is 0.717. The summed E-state index contributed by atoms with van der Waals surface area (Å²) >= 11 is 5.95. The monoisotopic (exact) mass is 314 g/mol. The van der Waals surface area contributed by atoms with Gasteiger partial charge in [-0.1, -0.05) is 11.6 Å². The molecule has 0 unspecified atom stereocenters. The Morgan fingerprint density at radius 2 is 2.14 bits per heavy atom. The van der Waals surface area contributed by atoms with Crippen LogP contribution in [0.25, 0.3) is 0 Å². The lowest BCUT2D eigenvalue weighted by Gasteiger charge is -2.16. The fourth-order valence-electron chi connectivity index (χ4n) is 1.75. The minimum Gasteiger partial charge on any atom is -0.478 e. The summed E-state index contributed by atoms with van der Waals surface area (Å²) in [7, 11) is 3.45. The molecule has 21 heavy (non-hydrogen) atoms. The first-order chi connectivity index (χ1) is 9.93. The third-order valence-electron chi connectivity index (χ3n) is 2.79. The summed E-state index contributed by atoms with van der Waals surface area (Å²) in [6.07, 6.45) is 0.829. The molecule has 1 aromatic carbocycles. The second-order valence-electron chi connectivity index (χ2n) is 4.63. The van der Waals surface area contributed by atoms with Gasteiger partial charge < -0.3 is 15.2 Å². The molecule has 0 heterocycles. The van der Waals surface area contributed by atoms with Crippen molar-refractivity contribution < 1.29 is 19.4 Å². The molecule has 0 bridgehead atoms. The van der Waals surface area contributed by atoms with Crippen molar-refractivity contribution in [2.75, 3.05) is 39.2 Å². The lowest BCUT2D eigenvalue weighted by atomic mass is 10.2. The molecule has 0 radical (unpaired) electrons. The van der Waals surface area contributed by atoms with E-state index in [1.165, 1.54) is 18.2 Å². The van der Waals surface area contributed by atoms with Crippen molar-refractivity contribution in [2.24, 2.45) is 0 Å². The van der Waals surface area contributed by atoms with E-state index >= 15 is 0 Å². The van der Waals surface area contributed by atoms with Crippen LogP contribution in [0.4, 0.5) is 5.69 Å². The summed E-state index contributed by atoms with van der Waals surface area (Å²) in [5.74, 6) is -1.32. The number of carbonyl (C=O) groups excluding carboxylic acids is 1. The number of amides is 1. The number of aromatic carboxylic acids is 1. The summed E-state index contributed by atoms with van der Waals surface area (Å²) in [5.41, 5.74) is 0.370. The molecule has 6 nitrogen and oxygen atoms in total. The highest BCUT2D eigenvalue weighted by molar-refractivity contribution is 6.33. The van der Waals surface area contributed by atoms with Gasteiger partial charge >= 0.3 is 5.97 Å². The highest BCUT2D eigenvalue weighted by Crippen LogP contribution is 2.23. The number of benzene rings is 1. The van der Waals surface area contributed by atoms with Crippen molar-refractivity contribution in [3.8, 4) is 0 Å². The summed E-state index contributed by atoms with van der Waals surface area (Å²) in [6.45, 7) is 1.56. The molecule has 0 spiro atoms. The lowest BCUT2D eigenvalue weighted by Crippen LogP contribution is -2.31. The third kappa shape index (κ3) is 6.12. The van der Waals surface area contributed by atoms with E-state index in [1.807, 2.05) is 11.9 Å². The molecule has 7 heteroatoms. The van der Waals surface area contributed by atoms with Crippen molar-refractivity contribution in [3.63, 3.8) is 0 Å². The molecule has 116 valence electrons. The van der Waals surface area contributed by atoms with Gasteiger partial charge in [-0.05, 0) is 31.7 Å². The van der Waals surface area contributed by atoms with Crippen LogP contribution in [0.1, 0.15) is 16.8 Å². The average Bonchev–Trinajstić information content (AvgIpc) is 2.41. The van der Waals surface area contributed by atoms with Crippen LogP contribution in [0, 0.1) is 0 Å². The van der Waals surface area contributed by atoms with E-state index in [0.29, 0.717) is 17.3 Å². The van der Waals surface area contributed by atoms with Gasteiger partial charge in [0.1, 0.15) is 0 Å². The van der Waals surface area contributed by atoms with Crippen LogP contribution in [0.3, 0.4) is 0 Å². The van der Waals surface area contributed by atoms with E-state index in [9.17, 15) is 9.59 Å². The highest BCUT2D eigenvalue weighted by atomic mass is 35.5. The van der Waals surface area contributed by atoms with E-state index in [1.54, 1.807) is 7.11 Å². The Morgan fingerprint density at radius 3 is 2.76 bits per heavy atom. The Bertz CT molecular complexity index is 508. The van der Waals surface area contributed by atoms with E-state index < -0.39 is 5.97 Å². The number of hydrogen-bond donors (Lipinski definition) is 2. The van der Waals surface area contributed by atoms with Crippen molar-refractivity contribution >= 4 is 29.2 Å². The van der Waals surface area contributed by atoms with Gasteiger partial charge in [-0.15, -0.1) is 0 Å². The summed E-state index contributed by atoms with van der Waals surface area (Å²) in [6, 6.07) is 4.17. The summed E-state index contributed by atoms with van der Waals surface area (Å²) in [5, 5.41) is 11.8. The Hall–Kier alpha value is -1.63. The maximum absolute atomic E-state index is 11.9. The van der Waals surface area contributed by atoms with Gasteiger partial charge in [0.25, 0.3) is 0 Å².